The van der Waals surface area contributed by atoms with Gasteiger partial charge in [-0.1, -0.05) is 0 Å². The van der Waals surface area contributed by atoms with E-state index in [4.69, 9.17) is 18.9 Å². The average molecular weight is 366 g/mol. The van der Waals surface area contributed by atoms with Crippen LogP contribution in [-0.2, 0) is 9.47 Å². The highest BCUT2D eigenvalue weighted by atomic mass is 16.7. The molecular formula is C18H28N3O5+. The molecule has 0 bridgehead atoms. The van der Waals surface area contributed by atoms with Crippen molar-refractivity contribution in [3.63, 3.8) is 0 Å². The van der Waals surface area contributed by atoms with Gasteiger partial charge < -0.3 is 23.8 Å². The summed E-state index contributed by atoms with van der Waals surface area (Å²) in [6.07, 6.45) is 0.903. The number of amides is 1. The molecule has 0 radical (unpaired) electrons. The SMILES string of the molecule is CCOCCOC(=NCCC[NH+](C)C)NC(=O)c1ccc2c(c1)OCO2. The van der Waals surface area contributed by atoms with Crippen molar-refractivity contribution in [1.82, 2.24) is 5.32 Å². The van der Waals surface area contributed by atoms with Gasteiger partial charge in [0.25, 0.3) is 11.9 Å². The average Bonchev–Trinajstić information content (AvgIpc) is 3.09. The molecule has 0 saturated carbocycles. The topological polar surface area (TPSA) is 82.8 Å². The zero-order valence-electron chi connectivity index (χ0n) is 15.7. The van der Waals surface area contributed by atoms with Gasteiger partial charge in [0.05, 0.1) is 27.2 Å². The van der Waals surface area contributed by atoms with E-state index in [-0.39, 0.29) is 18.7 Å². The lowest BCUT2D eigenvalue weighted by atomic mass is 10.2. The number of nitrogens with zero attached hydrogens (tertiary/aromatic N) is 1. The highest BCUT2D eigenvalue weighted by Crippen LogP contribution is 2.32. The van der Waals surface area contributed by atoms with Crippen molar-refractivity contribution in [3.05, 3.63) is 23.8 Å². The number of nitrogens with one attached hydrogen (secondary N) is 2. The Hall–Kier alpha value is -2.32. The molecule has 1 aromatic rings. The first-order chi connectivity index (χ1) is 12.6. The Morgan fingerprint density at radius 1 is 1.27 bits per heavy atom. The third kappa shape index (κ3) is 6.53. The molecule has 1 amide bonds. The molecule has 0 aliphatic carbocycles. The number of quaternary nitrogens is 1. The summed E-state index contributed by atoms with van der Waals surface area (Å²) >= 11 is 0. The molecule has 0 saturated heterocycles. The van der Waals surface area contributed by atoms with Gasteiger partial charge in [-0.25, -0.2) is 4.99 Å². The lowest BCUT2D eigenvalue weighted by molar-refractivity contribution is -0.858. The number of amidine groups is 1. The number of ether oxygens (including phenoxy) is 4. The molecular weight excluding hydrogens is 338 g/mol. The number of hydrogen-bond donors (Lipinski definition) is 2. The fraction of sp³-hybridized carbons (Fsp3) is 0.556. The third-order valence-corrected chi connectivity index (χ3v) is 3.62. The monoisotopic (exact) mass is 366 g/mol. The maximum absolute atomic E-state index is 12.5. The van der Waals surface area contributed by atoms with Crippen LogP contribution in [0.15, 0.2) is 23.2 Å². The first-order valence-corrected chi connectivity index (χ1v) is 8.85. The van der Waals surface area contributed by atoms with Crippen molar-refractivity contribution >= 4 is 11.9 Å². The van der Waals surface area contributed by atoms with Gasteiger partial charge in [-0.3, -0.25) is 10.1 Å². The van der Waals surface area contributed by atoms with Crippen molar-refractivity contribution < 1.29 is 28.6 Å². The molecule has 0 fully saturated rings. The molecule has 1 aliphatic heterocycles. The lowest BCUT2D eigenvalue weighted by Gasteiger charge is -2.11. The van der Waals surface area contributed by atoms with Crippen LogP contribution >= 0.6 is 0 Å². The van der Waals surface area contributed by atoms with Crippen LogP contribution in [-0.4, -0.2) is 65.7 Å². The van der Waals surface area contributed by atoms with Crippen molar-refractivity contribution in [2.75, 3.05) is 53.8 Å². The van der Waals surface area contributed by atoms with E-state index in [2.05, 4.69) is 24.4 Å². The Kier molecular flexibility index (Phi) is 8.17. The van der Waals surface area contributed by atoms with Gasteiger partial charge in [-0.2, -0.15) is 0 Å². The molecule has 2 N–H and O–H groups in total. The maximum atomic E-state index is 12.5. The predicted octanol–water partition coefficient (Wildman–Crippen LogP) is 0.0888. The van der Waals surface area contributed by atoms with Crippen LogP contribution < -0.4 is 19.7 Å². The van der Waals surface area contributed by atoms with E-state index in [0.717, 1.165) is 13.0 Å². The molecule has 0 aromatic heterocycles. The van der Waals surface area contributed by atoms with Gasteiger partial charge in [0, 0.05) is 25.1 Å². The van der Waals surface area contributed by atoms with E-state index in [1.54, 1.807) is 18.2 Å². The second-order valence-corrected chi connectivity index (χ2v) is 6.07. The van der Waals surface area contributed by atoms with E-state index in [1.165, 1.54) is 4.90 Å². The van der Waals surface area contributed by atoms with Gasteiger partial charge >= 0.3 is 0 Å². The van der Waals surface area contributed by atoms with Gasteiger partial charge in [0.1, 0.15) is 6.61 Å². The molecule has 0 unspecified atom stereocenters. The molecule has 1 heterocycles. The summed E-state index contributed by atoms with van der Waals surface area (Å²) in [7, 11) is 4.18. The fourth-order valence-electron chi connectivity index (χ4n) is 2.28. The summed E-state index contributed by atoms with van der Waals surface area (Å²) in [5.41, 5.74) is 0.452. The van der Waals surface area contributed by atoms with Crippen LogP contribution in [0.25, 0.3) is 0 Å². The zero-order valence-corrected chi connectivity index (χ0v) is 15.7. The van der Waals surface area contributed by atoms with Gasteiger partial charge in [0.15, 0.2) is 11.5 Å². The Balaban J connectivity index is 1.94. The number of benzene rings is 1. The first-order valence-electron chi connectivity index (χ1n) is 8.85. The van der Waals surface area contributed by atoms with Crippen molar-refractivity contribution in [3.8, 4) is 11.5 Å². The second kappa shape index (κ2) is 10.6. The van der Waals surface area contributed by atoms with Crippen molar-refractivity contribution in [1.29, 1.82) is 0 Å². The molecule has 0 spiro atoms. The number of rotatable bonds is 9. The van der Waals surface area contributed by atoms with Crippen LogP contribution in [0.3, 0.4) is 0 Å². The summed E-state index contributed by atoms with van der Waals surface area (Å²) in [6.45, 7) is 5.04. The van der Waals surface area contributed by atoms with E-state index in [1.807, 2.05) is 6.92 Å². The maximum Gasteiger partial charge on any atom is 0.291 e. The van der Waals surface area contributed by atoms with Crippen LogP contribution in [0, 0.1) is 0 Å². The van der Waals surface area contributed by atoms with E-state index < -0.39 is 0 Å². The minimum atomic E-state index is -0.309. The lowest BCUT2D eigenvalue weighted by Crippen LogP contribution is -3.05. The van der Waals surface area contributed by atoms with Gasteiger partial charge in [-0.15, -0.1) is 0 Å². The Bertz CT molecular complexity index is 619. The standard InChI is InChI=1S/C18H27N3O5/c1-4-23-10-11-24-18(19-8-5-9-21(2)3)20-17(22)14-6-7-15-16(12-14)26-13-25-15/h6-7,12H,4-5,8-11,13H2,1-3H3,(H,19,20,22)/p+1. The summed E-state index contributed by atoms with van der Waals surface area (Å²) in [4.78, 5) is 18.2. The smallest absolute Gasteiger partial charge is 0.291 e. The number of carbonyl (C=O) groups is 1. The molecule has 26 heavy (non-hydrogen) atoms. The molecule has 1 aromatic carbocycles. The highest BCUT2D eigenvalue weighted by molar-refractivity contribution is 6.04. The Labute approximate surface area is 154 Å². The normalized spacial score (nSPS) is 13.2. The molecule has 8 heteroatoms. The molecule has 8 nitrogen and oxygen atoms in total. The zero-order chi connectivity index (χ0) is 18.8. The summed E-state index contributed by atoms with van der Waals surface area (Å²) < 4.78 is 21.4. The minimum absolute atomic E-state index is 0.168. The van der Waals surface area contributed by atoms with E-state index >= 15 is 0 Å². The molecule has 0 atom stereocenters. The summed E-state index contributed by atoms with van der Waals surface area (Å²) in [6, 6.07) is 5.24. The molecule has 1 aliphatic rings. The number of carbonyl (C=O) groups excluding carboxylic acids is 1. The Morgan fingerprint density at radius 3 is 2.85 bits per heavy atom. The van der Waals surface area contributed by atoms with E-state index in [9.17, 15) is 4.79 Å². The van der Waals surface area contributed by atoms with Crippen LogP contribution in [0.1, 0.15) is 23.7 Å². The summed E-state index contributed by atoms with van der Waals surface area (Å²) in [5, 5.41) is 2.72. The largest absolute Gasteiger partial charge is 0.463 e. The minimum Gasteiger partial charge on any atom is -0.463 e. The fourth-order valence-corrected chi connectivity index (χ4v) is 2.28. The number of aliphatic imine (C=N–C) groups is 1. The van der Waals surface area contributed by atoms with E-state index in [0.29, 0.717) is 43.4 Å². The first kappa shape index (κ1) is 20.0. The number of fused-ring (bicyclic) bond motifs is 1. The second-order valence-electron chi connectivity index (χ2n) is 6.07. The highest BCUT2D eigenvalue weighted by Gasteiger charge is 2.17. The van der Waals surface area contributed by atoms with Crippen LogP contribution in [0.4, 0.5) is 0 Å². The Morgan fingerprint density at radius 2 is 2.08 bits per heavy atom. The summed E-state index contributed by atoms with van der Waals surface area (Å²) in [5.74, 6) is 0.883. The quantitative estimate of drug-likeness (QED) is 0.368. The van der Waals surface area contributed by atoms with Crippen molar-refractivity contribution in [2.45, 2.75) is 13.3 Å². The molecule has 144 valence electrons. The van der Waals surface area contributed by atoms with Gasteiger partial charge in [-0.05, 0) is 25.1 Å². The number of hydrogen-bond acceptors (Lipinski definition) is 6. The predicted molar refractivity (Wildman–Crippen MR) is 97.1 cm³/mol. The molecule has 2 rings (SSSR count). The van der Waals surface area contributed by atoms with Crippen molar-refractivity contribution in [2.24, 2.45) is 4.99 Å². The van der Waals surface area contributed by atoms with Crippen LogP contribution in [0.5, 0.6) is 11.5 Å². The van der Waals surface area contributed by atoms with Gasteiger partial charge in [0.2, 0.25) is 6.79 Å². The third-order valence-electron chi connectivity index (χ3n) is 3.62. The van der Waals surface area contributed by atoms with Crippen LogP contribution in [0.2, 0.25) is 0 Å².